The molecule has 17 nitrogen and oxygen atoms in total. The van der Waals surface area contributed by atoms with Gasteiger partial charge in [-0.1, -0.05) is 45.0 Å². The van der Waals surface area contributed by atoms with E-state index in [4.69, 9.17) is 4.74 Å². The third-order valence-electron chi connectivity index (χ3n) is 8.39. The van der Waals surface area contributed by atoms with E-state index in [-0.39, 0.29) is 45.2 Å². The minimum atomic E-state index is -1.44. The summed E-state index contributed by atoms with van der Waals surface area (Å²) in [6.07, 6.45) is -2.67. The first-order valence-corrected chi connectivity index (χ1v) is 14.3. The maximum Gasteiger partial charge on any atom is 0.327 e. The van der Waals surface area contributed by atoms with Gasteiger partial charge < -0.3 is 20.1 Å². The summed E-state index contributed by atoms with van der Waals surface area (Å²) in [5.74, 6) is -1.21. The molecule has 4 atom stereocenters. The lowest BCUT2D eigenvalue weighted by atomic mass is 9.81. The van der Waals surface area contributed by atoms with Gasteiger partial charge >= 0.3 is 11.4 Å². The lowest BCUT2D eigenvalue weighted by Gasteiger charge is -2.34. The number of H-pyrrole nitrogens is 4. The van der Waals surface area contributed by atoms with Crippen LogP contribution in [0.4, 0.5) is 17.5 Å². The number of aromatic nitrogens is 8. The van der Waals surface area contributed by atoms with Crippen LogP contribution in [0.5, 0.6) is 0 Å². The molecule has 0 saturated carbocycles. The summed E-state index contributed by atoms with van der Waals surface area (Å²) in [6, 6.07) is 7.35. The zero-order valence-electron chi connectivity index (χ0n) is 24.7. The van der Waals surface area contributed by atoms with E-state index in [9.17, 15) is 34.5 Å². The number of fused-ring (bicyclic) bond motifs is 3. The molecule has 6 heterocycles. The first-order chi connectivity index (χ1) is 21.9. The maximum absolute atomic E-state index is 13.6. The lowest BCUT2D eigenvalue weighted by molar-refractivity contribution is -0.0511. The molecule has 2 aliphatic rings. The third kappa shape index (κ3) is 4.43. The van der Waals surface area contributed by atoms with Crippen molar-refractivity contribution in [1.82, 2.24) is 39.5 Å². The second-order valence-corrected chi connectivity index (χ2v) is 12.2. The Morgan fingerprint density at radius 1 is 0.848 bits per heavy atom. The molecule has 2 aliphatic heterocycles. The number of nitrogens with zero attached hydrogens (tertiary/aromatic N) is 5. The standard InChI is InChI=1S/C29H29N9O8/c1-29(2,3)12-6-4-11(5-7-12)14-15-20(33-27(44)35-24(15)42)38(21-16(14)25(43)36-28(45)34-21)23-17-22(30-9-31-23)37(10-32-17)26-19(41)18(40)13(8-39)46-26/h4-7,9-10,13-14,18-19,26,39-41H,8H2,1-3H3,(H2,33,35,42,44)(H2,34,36,43,45)/t13-,18-,19-,26-/m1/s1. The van der Waals surface area contributed by atoms with E-state index >= 15 is 0 Å². The molecule has 46 heavy (non-hydrogen) atoms. The number of aromatic amines is 4. The number of rotatable bonds is 4. The van der Waals surface area contributed by atoms with Gasteiger partial charge in [0, 0.05) is 0 Å². The van der Waals surface area contributed by atoms with E-state index in [1.807, 2.05) is 32.9 Å². The van der Waals surface area contributed by atoms with Crippen molar-refractivity contribution >= 4 is 28.6 Å². The highest BCUT2D eigenvalue weighted by atomic mass is 16.6. The molecule has 238 valence electrons. The highest BCUT2D eigenvalue weighted by Gasteiger charge is 2.45. The molecule has 0 spiro atoms. The van der Waals surface area contributed by atoms with Gasteiger partial charge in [0.1, 0.15) is 36.3 Å². The van der Waals surface area contributed by atoms with Crippen LogP contribution in [-0.2, 0) is 10.2 Å². The first-order valence-electron chi connectivity index (χ1n) is 14.3. The van der Waals surface area contributed by atoms with Crippen molar-refractivity contribution in [2.45, 2.75) is 56.6 Å². The molecule has 0 bridgehead atoms. The van der Waals surface area contributed by atoms with Gasteiger partial charge in [-0.05, 0) is 16.5 Å². The van der Waals surface area contributed by atoms with E-state index in [0.29, 0.717) is 5.56 Å². The minimum Gasteiger partial charge on any atom is -0.394 e. The lowest BCUT2D eigenvalue weighted by Crippen LogP contribution is -2.40. The summed E-state index contributed by atoms with van der Waals surface area (Å²) in [7, 11) is 0. The Morgan fingerprint density at radius 3 is 2.00 bits per heavy atom. The average molecular weight is 632 g/mol. The number of hydrogen-bond acceptors (Lipinski definition) is 12. The molecule has 5 aromatic rings. The molecule has 1 aromatic carbocycles. The number of aliphatic hydroxyl groups excluding tert-OH is 3. The molecule has 7 N–H and O–H groups in total. The van der Waals surface area contributed by atoms with E-state index in [2.05, 4.69) is 34.9 Å². The molecule has 0 unspecified atom stereocenters. The molecule has 0 aliphatic carbocycles. The van der Waals surface area contributed by atoms with Crippen molar-refractivity contribution < 1.29 is 20.1 Å². The fraction of sp³-hybridized carbons (Fsp3) is 0.345. The molecule has 17 heteroatoms. The quantitative estimate of drug-likeness (QED) is 0.130. The van der Waals surface area contributed by atoms with Gasteiger partial charge in [-0.3, -0.25) is 39.0 Å². The Hall–Kier alpha value is -5.23. The summed E-state index contributed by atoms with van der Waals surface area (Å²) in [5, 5.41) is 30.5. The Bertz CT molecular complexity index is 2150. The van der Waals surface area contributed by atoms with Crippen molar-refractivity contribution in [3.63, 3.8) is 0 Å². The Morgan fingerprint density at radius 2 is 1.46 bits per heavy atom. The Kier molecular flexibility index (Phi) is 6.67. The predicted octanol–water partition coefficient (Wildman–Crippen LogP) is -0.548. The minimum absolute atomic E-state index is 0.00260. The van der Waals surface area contributed by atoms with Crippen LogP contribution in [-0.4, -0.2) is 79.7 Å². The highest BCUT2D eigenvalue weighted by Crippen LogP contribution is 2.47. The van der Waals surface area contributed by atoms with Crippen LogP contribution in [0, 0.1) is 0 Å². The second-order valence-electron chi connectivity index (χ2n) is 12.2. The molecular formula is C29H29N9O8. The van der Waals surface area contributed by atoms with E-state index < -0.39 is 59.6 Å². The number of nitrogens with one attached hydrogen (secondary N) is 4. The number of anilines is 3. The number of imidazole rings is 1. The smallest absolute Gasteiger partial charge is 0.327 e. The highest BCUT2D eigenvalue weighted by molar-refractivity contribution is 5.92. The molecule has 1 saturated heterocycles. The largest absolute Gasteiger partial charge is 0.394 e. The topological polar surface area (TPSA) is 248 Å². The van der Waals surface area contributed by atoms with Gasteiger partial charge in [0.15, 0.2) is 23.2 Å². The fourth-order valence-electron chi connectivity index (χ4n) is 6.13. The molecular weight excluding hydrogens is 602 g/mol. The normalized spacial score (nSPS) is 21.5. The fourth-order valence-corrected chi connectivity index (χ4v) is 6.13. The molecule has 1 fully saturated rings. The van der Waals surface area contributed by atoms with Crippen molar-refractivity contribution in [3.8, 4) is 0 Å². The van der Waals surface area contributed by atoms with Crippen LogP contribution in [0.25, 0.3) is 11.2 Å². The van der Waals surface area contributed by atoms with Crippen LogP contribution in [0.1, 0.15) is 55.2 Å². The van der Waals surface area contributed by atoms with E-state index in [0.717, 1.165) is 11.9 Å². The average Bonchev–Trinajstić information content (AvgIpc) is 3.55. The third-order valence-corrected chi connectivity index (χ3v) is 8.39. The predicted molar refractivity (Wildman–Crippen MR) is 162 cm³/mol. The van der Waals surface area contributed by atoms with Crippen molar-refractivity contribution in [1.29, 1.82) is 0 Å². The Balaban J connectivity index is 1.48. The molecule has 4 aromatic heterocycles. The molecule has 0 amide bonds. The van der Waals surface area contributed by atoms with Gasteiger partial charge in [0.2, 0.25) is 0 Å². The van der Waals surface area contributed by atoms with Crippen LogP contribution in [0.15, 0.2) is 56.1 Å². The second kappa shape index (κ2) is 10.4. The van der Waals surface area contributed by atoms with Crippen LogP contribution < -0.4 is 27.4 Å². The van der Waals surface area contributed by atoms with E-state index in [1.165, 1.54) is 15.8 Å². The van der Waals surface area contributed by atoms with Crippen LogP contribution in [0.3, 0.4) is 0 Å². The van der Waals surface area contributed by atoms with Crippen LogP contribution in [0.2, 0.25) is 0 Å². The van der Waals surface area contributed by atoms with Gasteiger partial charge in [-0.15, -0.1) is 0 Å². The summed E-state index contributed by atoms with van der Waals surface area (Å²) in [6.45, 7) is 5.60. The number of benzene rings is 1. The van der Waals surface area contributed by atoms with Gasteiger partial charge in [-0.25, -0.2) is 24.5 Å². The maximum atomic E-state index is 13.6. The van der Waals surface area contributed by atoms with Crippen molar-refractivity contribution in [2.75, 3.05) is 11.5 Å². The zero-order chi connectivity index (χ0) is 32.7. The summed E-state index contributed by atoms with van der Waals surface area (Å²) < 4.78 is 6.98. The monoisotopic (exact) mass is 631 g/mol. The van der Waals surface area contributed by atoms with Gasteiger partial charge in [0.05, 0.1) is 30.0 Å². The number of aliphatic hydroxyl groups is 3. The summed E-state index contributed by atoms with van der Waals surface area (Å²) >= 11 is 0. The van der Waals surface area contributed by atoms with Gasteiger partial charge in [-0.2, -0.15) is 0 Å². The number of hydrogen-bond donors (Lipinski definition) is 7. The van der Waals surface area contributed by atoms with Crippen molar-refractivity contribution in [3.05, 3.63) is 101 Å². The molecule has 0 radical (unpaired) electrons. The molecule has 7 rings (SSSR count). The zero-order valence-corrected chi connectivity index (χ0v) is 24.7. The van der Waals surface area contributed by atoms with Crippen molar-refractivity contribution in [2.24, 2.45) is 0 Å². The van der Waals surface area contributed by atoms with Crippen LogP contribution >= 0.6 is 0 Å². The van der Waals surface area contributed by atoms with Gasteiger partial charge in [0.25, 0.3) is 11.1 Å². The SMILES string of the molecule is CC(C)(C)c1ccc(C2c3c([nH]c(=O)[nH]c3=O)N(c3ncnc4c3ncn4[C@@H]3O[C@H](CO)[C@@H](O)[C@H]3O)c3[nH]c(=O)[nH]c(=O)c32)cc1. The number of ether oxygens (including phenoxy) is 1. The Labute approximate surface area is 257 Å². The first kappa shape index (κ1) is 29.5. The summed E-state index contributed by atoms with van der Waals surface area (Å²) in [5.41, 5.74) is -1.71. The summed E-state index contributed by atoms with van der Waals surface area (Å²) in [4.78, 5) is 76.7. The van der Waals surface area contributed by atoms with E-state index in [1.54, 1.807) is 12.1 Å².